The molecule has 3 N–H and O–H groups in total. The number of aromatic nitrogens is 1. The second kappa shape index (κ2) is 9.34. The number of benzene rings is 2. The molecule has 0 spiro atoms. The molecule has 0 aliphatic heterocycles. The zero-order valence-electron chi connectivity index (χ0n) is 16.3. The van der Waals surface area contributed by atoms with Crippen LogP contribution in [0.5, 0.6) is 0 Å². The zero-order chi connectivity index (χ0) is 21.5. The monoisotopic (exact) mass is 400 g/mol. The van der Waals surface area contributed by atoms with E-state index in [4.69, 9.17) is 5.26 Å². The first-order chi connectivity index (χ1) is 14.5. The molecule has 0 aliphatic carbocycles. The number of hydrogen-bond acceptors (Lipinski definition) is 5. The molecule has 2 aromatic carbocycles. The van der Waals surface area contributed by atoms with Gasteiger partial charge in [-0.05, 0) is 41.3 Å². The molecule has 3 aromatic rings. The molecule has 0 atom stereocenters. The summed E-state index contributed by atoms with van der Waals surface area (Å²) < 4.78 is 0. The van der Waals surface area contributed by atoms with E-state index in [9.17, 15) is 14.7 Å². The molecule has 0 unspecified atom stereocenters. The summed E-state index contributed by atoms with van der Waals surface area (Å²) in [6.07, 6.45) is 1.36. The smallest absolute Gasteiger partial charge is 0.336 e. The summed E-state index contributed by atoms with van der Waals surface area (Å²) in [4.78, 5) is 27.9. The van der Waals surface area contributed by atoms with Crippen LogP contribution in [0, 0.1) is 18.3 Å². The van der Waals surface area contributed by atoms with Crippen molar-refractivity contribution in [3.63, 3.8) is 0 Å². The van der Waals surface area contributed by atoms with E-state index in [1.807, 2.05) is 49.4 Å². The van der Waals surface area contributed by atoms with Crippen molar-refractivity contribution in [3.05, 3.63) is 77.5 Å². The fourth-order valence-electron chi connectivity index (χ4n) is 3.04. The summed E-state index contributed by atoms with van der Waals surface area (Å²) in [5, 5.41) is 24.2. The number of aryl methyl sites for hydroxylation is 1. The van der Waals surface area contributed by atoms with Gasteiger partial charge < -0.3 is 15.7 Å². The van der Waals surface area contributed by atoms with Gasteiger partial charge in [0, 0.05) is 12.7 Å². The first-order valence-corrected chi connectivity index (χ1v) is 9.27. The van der Waals surface area contributed by atoms with Gasteiger partial charge in [-0.25, -0.2) is 9.78 Å². The number of carbonyl (C=O) groups is 2. The SMILES string of the molecule is Cc1ccnc(NCc2ccc(-c3ccccc3)c(C(=O)O)c2)c1NC(=O)CC#N. The lowest BCUT2D eigenvalue weighted by atomic mass is 9.97. The van der Waals surface area contributed by atoms with Gasteiger partial charge in [0.2, 0.25) is 5.91 Å². The number of nitriles is 1. The van der Waals surface area contributed by atoms with E-state index in [1.165, 1.54) is 0 Å². The second-order valence-corrected chi connectivity index (χ2v) is 6.64. The maximum absolute atomic E-state index is 11.8. The number of nitrogens with one attached hydrogen (secondary N) is 2. The molecule has 1 aromatic heterocycles. The van der Waals surface area contributed by atoms with Crippen molar-refractivity contribution in [2.45, 2.75) is 19.9 Å². The Morgan fingerprint density at radius 3 is 2.60 bits per heavy atom. The predicted molar refractivity (Wildman–Crippen MR) is 114 cm³/mol. The second-order valence-electron chi connectivity index (χ2n) is 6.64. The Morgan fingerprint density at radius 1 is 1.13 bits per heavy atom. The molecule has 30 heavy (non-hydrogen) atoms. The van der Waals surface area contributed by atoms with Gasteiger partial charge in [-0.2, -0.15) is 5.26 Å². The standard InChI is InChI=1S/C23H20N4O3/c1-15-10-12-25-22(21(15)27-20(28)9-11-24)26-14-16-7-8-18(19(13-16)23(29)30)17-5-3-2-4-6-17/h2-8,10,12-13H,9,14H2,1H3,(H,25,26)(H,27,28)(H,29,30). The summed E-state index contributed by atoms with van der Waals surface area (Å²) in [6.45, 7) is 2.14. The van der Waals surface area contributed by atoms with E-state index in [2.05, 4.69) is 15.6 Å². The highest BCUT2D eigenvalue weighted by atomic mass is 16.4. The van der Waals surface area contributed by atoms with E-state index in [1.54, 1.807) is 24.4 Å². The van der Waals surface area contributed by atoms with Gasteiger partial charge in [0.25, 0.3) is 0 Å². The Morgan fingerprint density at radius 2 is 1.90 bits per heavy atom. The number of aromatic carboxylic acids is 1. The van der Waals surface area contributed by atoms with Crippen LogP contribution in [0.1, 0.15) is 27.9 Å². The van der Waals surface area contributed by atoms with Crippen molar-refractivity contribution in [1.82, 2.24) is 4.98 Å². The van der Waals surface area contributed by atoms with Crippen molar-refractivity contribution in [2.24, 2.45) is 0 Å². The van der Waals surface area contributed by atoms with Crippen LogP contribution in [-0.2, 0) is 11.3 Å². The van der Waals surface area contributed by atoms with E-state index < -0.39 is 11.9 Å². The molecule has 1 heterocycles. The Bertz CT molecular complexity index is 1120. The molecule has 0 radical (unpaired) electrons. The largest absolute Gasteiger partial charge is 0.478 e. The highest BCUT2D eigenvalue weighted by Crippen LogP contribution is 2.27. The van der Waals surface area contributed by atoms with Crippen molar-refractivity contribution in [3.8, 4) is 17.2 Å². The minimum Gasteiger partial charge on any atom is -0.478 e. The van der Waals surface area contributed by atoms with Crippen LogP contribution in [0.15, 0.2) is 60.8 Å². The molecule has 1 amide bonds. The van der Waals surface area contributed by atoms with E-state index in [0.29, 0.717) is 23.6 Å². The number of nitrogens with zero attached hydrogens (tertiary/aromatic N) is 2. The Balaban J connectivity index is 1.84. The van der Waals surface area contributed by atoms with Crippen molar-refractivity contribution in [2.75, 3.05) is 10.6 Å². The number of amides is 1. The molecule has 7 heteroatoms. The molecular formula is C23H20N4O3. The average Bonchev–Trinajstić information content (AvgIpc) is 2.75. The van der Waals surface area contributed by atoms with E-state index in [0.717, 1.165) is 16.7 Å². The predicted octanol–water partition coefficient (Wildman–Crippen LogP) is 4.22. The van der Waals surface area contributed by atoms with Gasteiger partial charge in [0.15, 0.2) is 0 Å². The van der Waals surface area contributed by atoms with Crippen LogP contribution in [-0.4, -0.2) is 22.0 Å². The topological polar surface area (TPSA) is 115 Å². The number of carbonyl (C=O) groups excluding carboxylic acids is 1. The fraction of sp³-hybridized carbons (Fsp3) is 0.130. The molecule has 0 saturated carbocycles. The fourth-order valence-corrected chi connectivity index (χ4v) is 3.04. The van der Waals surface area contributed by atoms with Crippen LogP contribution in [0.4, 0.5) is 11.5 Å². The van der Waals surface area contributed by atoms with Crippen LogP contribution < -0.4 is 10.6 Å². The normalized spacial score (nSPS) is 10.1. The highest BCUT2D eigenvalue weighted by molar-refractivity contribution is 5.97. The van der Waals surface area contributed by atoms with Gasteiger partial charge >= 0.3 is 5.97 Å². The average molecular weight is 400 g/mol. The Kier molecular flexibility index (Phi) is 6.40. The van der Waals surface area contributed by atoms with Crippen LogP contribution in [0.2, 0.25) is 0 Å². The van der Waals surface area contributed by atoms with E-state index in [-0.39, 0.29) is 12.0 Å². The van der Waals surface area contributed by atoms with Gasteiger partial charge in [0.05, 0.1) is 17.3 Å². The third-order valence-electron chi connectivity index (χ3n) is 4.52. The molecule has 0 saturated heterocycles. The number of carboxylic acid groups (broad SMARTS) is 1. The number of hydrogen-bond donors (Lipinski definition) is 3. The minimum atomic E-state index is -1.01. The highest BCUT2D eigenvalue weighted by Gasteiger charge is 2.14. The Labute approximate surface area is 174 Å². The maximum atomic E-state index is 11.8. The van der Waals surface area contributed by atoms with Gasteiger partial charge in [-0.3, -0.25) is 4.79 Å². The van der Waals surface area contributed by atoms with Gasteiger partial charge in [-0.1, -0.05) is 42.5 Å². The van der Waals surface area contributed by atoms with Crippen LogP contribution in [0.25, 0.3) is 11.1 Å². The molecule has 150 valence electrons. The maximum Gasteiger partial charge on any atom is 0.336 e. The summed E-state index contributed by atoms with van der Waals surface area (Å²) in [7, 11) is 0. The zero-order valence-corrected chi connectivity index (χ0v) is 16.3. The summed E-state index contributed by atoms with van der Waals surface area (Å²) in [5.74, 6) is -0.976. The third-order valence-corrected chi connectivity index (χ3v) is 4.52. The lowest BCUT2D eigenvalue weighted by Gasteiger charge is -2.15. The van der Waals surface area contributed by atoms with Gasteiger partial charge in [0.1, 0.15) is 12.2 Å². The molecule has 0 fully saturated rings. The third kappa shape index (κ3) is 4.80. The van der Waals surface area contributed by atoms with Crippen LogP contribution >= 0.6 is 0 Å². The minimum absolute atomic E-state index is 0.209. The lowest BCUT2D eigenvalue weighted by Crippen LogP contribution is -2.14. The number of anilines is 2. The Hall–Kier alpha value is -4.18. The molecule has 7 nitrogen and oxygen atoms in total. The quantitative estimate of drug-likeness (QED) is 0.547. The first kappa shape index (κ1) is 20.6. The van der Waals surface area contributed by atoms with Crippen molar-refractivity contribution < 1.29 is 14.7 Å². The van der Waals surface area contributed by atoms with Crippen LogP contribution in [0.3, 0.4) is 0 Å². The molecule has 0 aliphatic rings. The van der Waals surface area contributed by atoms with Gasteiger partial charge in [-0.15, -0.1) is 0 Å². The summed E-state index contributed by atoms with van der Waals surface area (Å²) in [6, 6.07) is 18.2. The number of pyridine rings is 1. The molecular weight excluding hydrogens is 380 g/mol. The van der Waals surface area contributed by atoms with Crippen molar-refractivity contribution in [1.29, 1.82) is 5.26 Å². The molecule has 0 bridgehead atoms. The first-order valence-electron chi connectivity index (χ1n) is 9.27. The summed E-state index contributed by atoms with van der Waals surface area (Å²) >= 11 is 0. The molecule has 3 rings (SSSR count). The number of carboxylic acids is 1. The lowest BCUT2D eigenvalue weighted by molar-refractivity contribution is -0.115. The van der Waals surface area contributed by atoms with E-state index >= 15 is 0 Å². The van der Waals surface area contributed by atoms with Crippen molar-refractivity contribution >= 4 is 23.4 Å². The summed E-state index contributed by atoms with van der Waals surface area (Å²) in [5.41, 5.74) is 3.73. The number of rotatable bonds is 7.